The van der Waals surface area contributed by atoms with Gasteiger partial charge < -0.3 is 10.8 Å². The van der Waals surface area contributed by atoms with Crippen LogP contribution in [0, 0.1) is 0 Å². The molecule has 0 fully saturated rings. The van der Waals surface area contributed by atoms with Gasteiger partial charge in [0.2, 0.25) is 0 Å². The van der Waals surface area contributed by atoms with Crippen molar-refractivity contribution in [1.82, 2.24) is 5.73 Å². The molecule has 0 spiro atoms. The first kappa shape index (κ1) is 6.98. The number of nitrogens with one attached hydrogen (secondary N) is 1. The lowest BCUT2D eigenvalue weighted by atomic mass is 10.1. The van der Waals surface area contributed by atoms with Crippen LogP contribution in [0.2, 0.25) is 0 Å². The molecule has 0 aliphatic carbocycles. The summed E-state index contributed by atoms with van der Waals surface area (Å²) in [5.74, 6) is 0.264. The zero-order valence-electron chi connectivity index (χ0n) is 6.41. The predicted octanol–water partition coefficient (Wildman–Crippen LogP) is 2.46. The molecule has 2 aromatic carbocycles. The van der Waals surface area contributed by atoms with Crippen LogP contribution in [0.15, 0.2) is 36.4 Å². The van der Waals surface area contributed by atoms with Gasteiger partial charge in [0, 0.05) is 0 Å². The van der Waals surface area contributed by atoms with Gasteiger partial charge in [0.25, 0.3) is 0 Å². The van der Waals surface area contributed by atoms with Crippen LogP contribution < -0.4 is 5.73 Å². The lowest BCUT2D eigenvalue weighted by Gasteiger charge is -1.98. The minimum absolute atomic E-state index is 0.264. The van der Waals surface area contributed by atoms with Crippen LogP contribution in [-0.2, 0) is 0 Å². The second kappa shape index (κ2) is 2.41. The number of phenolic OH excluding ortho intramolecular Hbond substituents is 1. The molecule has 0 aromatic heterocycles. The molecule has 0 aliphatic heterocycles. The van der Waals surface area contributed by atoms with Gasteiger partial charge in [-0.3, -0.25) is 0 Å². The fourth-order valence-corrected chi connectivity index (χ4v) is 1.23. The Bertz CT molecular complexity index is 382. The van der Waals surface area contributed by atoms with Crippen LogP contribution in [0.4, 0.5) is 5.69 Å². The van der Waals surface area contributed by atoms with E-state index in [1.54, 1.807) is 24.3 Å². The Labute approximate surface area is 70.2 Å². The zero-order valence-corrected chi connectivity index (χ0v) is 6.41. The van der Waals surface area contributed by atoms with E-state index in [9.17, 15) is 0 Å². The quantitative estimate of drug-likeness (QED) is 0.628. The number of phenols is 1. The van der Waals surface area contributed by atoms with Gasteiger partial charge in [-0.15, -0.1) is 0 Å². The first-order valence-electron chi connectivity index (χ1n) is 3.70. The topological polar surface area (TPSA) is 44.0 Å². The third kappa shape index (κ3) is 1.07. The van der Waals surface area contributed by atoms with Crippen LogP contribution in [-0.4, -0.2) is 5.11 Å². The molecule has 2 N–H and O–H groups in total. The van der Waals surface area contributed by atoms with Crippen molar-refractivity contribution in [2.45, 2.75) is 0 Å². The molecule has 2 rings (SSSR count). The predicted molar refractivity (Wildman–Crippen MR) is 48.4 cm³/mol. The number of hydrogen-bond acceptors (Lipinski definition) is 1. The average molecular weight is 158 g/mol. The highest BCUT2D eigenvalue weighted by atomic mass is 16.3. The summed E-state index contributed by atoms with van der Waals surface area (Å²) < 4.78 is 0. The highest BCUT2D eigenvalue weighted by molar-refractivity contribution is 5.86. The van der Waals surface area contributed by atoms with Gasteiger partial charge in [0.05, 0.1) is 5.69 Å². The normalized spacial score (nSPS) is 10.3. The number of hydrogen-bond donors (Lipinski definition) is 1. The fraction of sp³-hybridized carbons (Fsp3) is 0. The van der Waals surface area contributed by atoms with Crippen LogP contribution in [0.25, 0.3) is 10.8 Å². The Balaban J connectivity index is 2.79. The maximum atomic E-state index is 9.15. The molecule has 2 heteroatoms. The molecule has 0 saturated heterocycles. The van der Waals surface area contributed by atoms with Crippen molar-refractivity contribution >= 4 is 16.5 Å². The third-order valence-electron chi connectivity index (χ3n) is 1.82. The van der Waals surface area contributed by atoms with Crippen molar-refractivity contribution in [1.29, 1.82) is 0 Å². The van der Waals surface area contributed by atoms with E-state index in [1.807, 2.05) is 12.1 Å². The molecule has 1 radical (unpaired) electrons. The van der Waals surface area contributed by atoms with Crippen LogP contribution in [0.5, 0.6) is 5.75 Å². The summed E-state index contributed by atoms with van der Waals surface area (Å²) >= 11 is 0. The van der Waals surface area contributed by atoms with E-state index in [0.29, 0.717) is 5.69 Å². The second-order valence-electron chi connectivity index (χ2n) is 2.75. The summed E-state index contributed by atoms with van der Waals surface area (Å²) in [6.45, 7) is 0. The molecule has 0 aliphatic rings. The van der Waals surface area contributed by atoms with Crippen LogP contribution in [0.3, 0.4) is 0 Å². The summed E-state index contributed by atoms with van der Waals surface area (Å²) in [5.41, 5.74) is 7.86. The molecule has 0 bridgehead atoms. The summed E-state index contributed by atoms with van der Waals surface area (Å²) in [4.78, 5) is 0. The Morgan fingerprint density at radius 3 is 2.42 bits per heavy atom. The minimum atomic E-state index is 0.264. The van der Waals surface area contributed by atoms with Crippen molar-refractivity contribution in [3.63, 3.8) is 0 Å². The maximum absolute atomic E-state index is 9.15. The molecule has 0 unspecified atom stereocenters. The SMILES string of the molecule is [NH]c1ccc2cc(O)ccc2c1. The third-order valence-corrected chi connectivity index (χ3v) is 1.82. The zero-order chi connectivity index (χ0) is 8.55. The number of benzene rings is 2. The van der Waals surface area contributed by atoms with Crippen molar-refractivity contribution in [3.05, 3.63) is 36.4 Å². The summed E-state index contributed by atoms with van der Waals surface area (Å²) in [6, 6.07) is 10.4. The summed E-state index contributed by atoms with van der Waals surface area (Å²) in [6.07, 6.45) is 0. The molecule has 0 saturated carbocycles. The maximum Gasteiger partial charge on any atom is 0.116 e. The van der Waals surface area contributed by atoms with E-state index in [2.05, 4.69) is 0 Å². The van der Waals surface area contributed by atoms with Gasteiger partial charge in [0.15, 0.2) is 0 Å². The summed E-state index contributed by atoms with van der Waals surface area (Å²) in [5, 5.41) is 11.1. The highest BCUT2D eigenvalue weighted by Gasteiger charge is 1.94. The lowest BCUT2D eigenvalue weighted by Crippen LogP contribution is -1.73. The molecule has 59 valence electrons. The van der Waals surface area contributed by atoms with Crippen LogP contribution >= 0.6 is 0 Å². The molecule has 0 amide bonds. The van der Waals surface area contributed by atoms with Gasteiger partial charge in [-0.1, -0.05) is 12.1 Å². The summed E-state index contributed by atoms with van der Waals surface area (Å²) in [7, 11) is 0. The van der Waals surface area contributed by atoms with Gasteiger partial charge in [-0.2, -0.15) is 0 Å². The Hall–Kier alpha value is -1.70. The van der Waals surface area contributed by atoms with Crippen LogP contribution in [0.1, 0.15) is 0 Å². The molecule has 12 heavy (non-hydrogen) atoms. The first-order valence-corrected chi connectivity index (χ1v) is 3.70. The second-order valence-corrected chi connectivity index (χ2v) is 2.75. The van der Waals surface area contributed by atoms with E-state index in [4.69, 9.17) is 10.8 Å². The largest absolute Gasteiger partial charge is 0.508 e. The minimum Gasteiger partial charge on any atom is -0.508 e. The molecule has 0 atom stereocenters. The number of rotatable bonds is 0. The van der Waals surface area contributed by atoms with Gasteiger partial charge in [0.1, 0.15) is 5.75 Å². The van der Waals surface area contributed by atoms with Gasteiger partial charge >= 0.3 is 0 Å². The average Bonchev–Trinajstić information content (AvgIpc) is 2.05. The standard InChI is InChI=1S/C10H8NO/c11-9-3-1-8-6-10(12)4-2-7(8)5-9/h1-6,11-12H. The van der Waals surface area contributed by atoms with Crippen molar-refractivity contribution in [3.8, 4) is 5.75 Å². The smallest absolute Gasteiger partial charge is 0.116 e. The Morgan fingerprint density at radius 1 is 0.917 bits per heavy atom. The number of aromatic hydroxyl groups is 1. The van der Waals surface area contributed by atoms with Crippen molar-refractivity contribution in [2.24, 2.45) is 0 Å². The van der Waals surface area contributed by atoms with E-state index < -0.39 is 0 Å². The van der Waals surface area contributed by atoms with Crippen molar-refractivity contribution < 1.29 is 5.11 Å². The molecule has 0 heterocycles. The Kier molecular flexibility index (Phi) is 1.40. The van der Waals surface area contributed by atoms with E-state index in [1.165, 1.54) is 0 Å². The molecule has 2 aromatic rings. The van der Waals surface area contributed by atoms with E-state index >= 15 is 0 Å². The Morgan fingerprint density at radius 2 is 1.58 bits per heavy atom. The van der Waals surface area contributed by atoms with Crippen molar-refractivity contribution in [2.75, 3.05) is 0 Å². The van der Waals surface area contributed by atoms with Gasteiger partial charge in [-0.25, -0.2) is 0 Å². The van der Waals surface area contributed by atoms with E-state index in [-0.39, 0.29) is 5.75 Å². The van der Waals surface area contributed by atoms with Gasteiger partial charge in [-0.05, 0) is 35.0 Å². The monoisotopic (exact) mass is 158 g/mol. The number of fused-ring (bicyclic) bond motifs is 1. The highest BCUT2D eigenvalue weighted by Crippen LogP contribution is 2.21. The first-order chi connectivity index (χ1) is 5.75. The molecular weight excluding hydrogens is 150 g/mol. The van der Waals surface area contributed by atoms with E-state index in [0.717, 1.165) is 10.8 Å². The fourth-order valence-electron chi connectivity index (χ4n) is 1.23. The molecule has 2 nitrogen and oxygen atoms in total. The molecular formula is C10H8NO. The lowest BCUT2D eigenvalue weighted by molar-refractivity contribution is 0.476.